The van der Waals surface area contributed by atoms with Crippen molar-refractivity contribution < 1.29 is 23.1 Å². The number of carbonyl (C=O) groups is 2. The van der Waals surface area contributed by atoms with E-state index in [4.69, 9.17) is 4.74 Å². The quantitative estimate of drug-likeness (QED) is 0.748. The van der Waals surface area contributed by atoms with Crippen LogP contribution in [0.15, 0.2) is 11.6 Å². The molecule has 3 rings (SSSR count). The van der Waals surface area contributed by atoms with Crippen LogP contribution in [0.1, 0.15) is 52.4 Å². The molecule has 7 unspecified atom stereocenters. The van der Waals surface area contributed by atoms with Crippen molar-refractivity contribution in [2.75, 3.05) is 7.11 Å². The third-order valence-corrected chi connectivity index (χ3v) is 6.87. The van der Waals surface area contributed by atoms with E-state index in [2.05, 4.69) is 17.6 Å². The first-order valence-electron chi connectivity index (χ1n) is 10.4. The predicted octanol–water partition coefficient (Wildman–Crippen LogP) is 2.84. The monoisotopic (exact) mass is 398 g/mol. The number of ether oxygens (including phenoxy) is 1. The number of hydrogen-bond acceptors (Lipinski definition) is 3. The van der Waals surface area contributed by atoms with Gasteiger partial charge in [-0.25, -0.2) is 8.78 Å². The molecule has 0 aromatic carbocycles. The van der Waals surface area contributed by atoms with Crippen molar-refractivity contribution in [3.8, 4) is 0 Å². The van der Waals surface area contributed by atoms with Crippen molar-refractivity contribution in [3.63, 3.8) is 0 Å². The van der Waals surface area contributed by atoms with Gasteiger partial charge in [0, 0.05) is 43.0 Å². The highest BCUT2D eigenvalue weighted by atomic mass is 19.1. The number of hydrogen-bond donors (Lipinski definition) is 2. The van der Waals surface area contributed by atoms with E-state index in [0.29, 0.717) is 18.4 Å². The lowest BCUT2D eigenvalue weighted by atomic mass is 9.72. The molecule has 158 valence electrons. The number of carbonyl (C=O) groups excluding carboxylic acids is 2. The van der Waals surface area contributed by atoms with E-state index in [9.17, 15) is 18.4 Å². The van der Waals surface area contributed by atoms with E-state index < -0.39 is 12.3 Å². The van der Waals surface area contributed by atoms with Gasteiger partial charge in [0.25, 0.3) is 0 Å². The molecular weight excluding hydrogens is 366 g/mol. The fraction of sp³-hybridized carbons (Fsp3) is 0.810. The molecule has 2 aliphatic carbocycles. The minimum absolute atomic E-state index is 0.0286. The third-order valence-electron chi connectivity index (χ3n) is 6.87. The molecule has 2 fully saturated rings. The molecule has 1 aliphatic heterocycles. The number of amides is 2. The van der Waals surface area contributed by atoms with Gasteiger partial charge >= 0.3 is 0 Å². The lowest BCUT2D eigenvalue weighted by Crippen LogP contribution is -2.52. The maximum absolute atomic E-state index is 14.1. The fourth-order valence-corrected chi connectivity index (χ4v) is 5.13. The molecule has 0 bridgehead atoms. The van der Waals surface area contributed by atoms with Crippen LogP contribution in [0.25, 0.3) is 0 Å². The Bertz CT molecular complexity index is 627. The Kier molecular flexibility index (Phi) is 6.73. The molecule has 0 aromatic heterocycles. The van der Waals surface area contributed by atoms with E-state index >= 15 is 0 Å². The number of alkyl halides is 2. The van der Waals surface area contributed by atoms with Gasteiger partial charge in [-0.15, -0.1) is 0 Å². The Balaban J connectivity index is 1.60. The summed E-state index contributed by atoms with van der Waals surface area (Å²) in [5, 5.41) is 5.85. The smallest absolute Gasteiger partial charge is 0.247 e. The van der Waals surface area contributed by atoms with Crippen molar-refractivity contribution in [2.24, 2.45) is 17.8 Å². The van der Waals surface area contributed by atoms with Crippen LogP contribution in [-0.4, -0.2) is 49.5 Å². The Hall–Kier alpha value is -1.50. The summed E-state index contributed by atoms with van der Waals surface area (Å²) < 4.78 is 33.0. The SMILES string of the molecule is COC1CCC2NC(=O)C(CC(=O)N[C@@H](C)C3CCC(F)CC3F)=CC2C1C. The number of halogens is 2. The largest absolute Gasteiger partial charge is 0.381 e. The molecule has 2 amide bonds. The second-order valence-electron chi connectivity index (χ2n) is 8.68. The highest BCUT2D eigenvalue weighted by Gasteiger charge is 2.40. The average Bonchev–Trinajstić information content (AvgIpc) is 2.63. The number of nitrogens with one attached hydrogen (secondary N) is 2. The van der Waals surface area contributed by atoms with Gasteiger partial charge in [0.1, 0.15) is 12.3 Å². The first-order chi connectivity index (χ1) is 13.3. The zero-order valence-corrected chi connectivity index (χ0v) is 16.9. The van der Waals surface area contributed by atoms with Crippen LogP contribution in [0.5, 0.6) is 0 Å². The summed E-state index contributed by atoms with van der Waals surface area (Å²) in [4.78, 5) is 24.9. The predicted molar refractivity (Wildman–Crippen MR) is 102 cm³/mol. The highest BCUT2D eigenvalue weighted by Crippen LogP contribution is 2.36. The molecule has 1 heterocycles. The van der Waals surface area contributed by atoms with Crippen LogP contribution in [0.3, 0.4) is 0 Å². The maximum Gasteiger partial charge on any atom is 0.247 e. The van der Waals surface area contributed by atoms with Crippen molar-refractivity contribution in [1.82, 2.24) is 10.6 Å². The van der Waals surface area contributed by atoms with Gasteiger partial charge < -0.3 is 15.4 Å². The summed E-state index contributed by atoms with van der Waals surface area (Å²) in [7, 11) is 1.71. The van der Waals surface area contributed by atoms with Gasteiger partial charge in [0.2, 0.25) is 11.8 Å². The molecule has 8 atom stereocenters. The number of rotatable bonds is 5. The van der Waals surface area contributed by atoms with Gasteiger partial charge in [-0.1, -0.05) is 13.0 Å². The fourth-order valence-electron chi connectivity index (χ4n) is 5.13. The van der Waals surface area contributed by atoms with E-state index in [0.717, 1.165) is 12.8 Å². The van der Waals surface area contributed by atoms with Crippen molar-refractivity contribution in [3.05, 3.63) is 11.6 Å². The van der Waals surface area contributed by atoms with Crippen molar-refractivity contribution in [1.29, 1.82) is 0 Å². The molecule has 2 N–H and O–H groups in total. The van der Waals surface area contributed by atoms with Gasteiger partial charge in [-0.3, -0.25) is 9.59 Å². The Morgan fingerprint density at radius 2 is 2.07 bits per heavy atom. The van der Waals surface area contributed by atoms with Crippen LogP contribution < -0.4 is 10.6 Å². The van der Waals surface area contributed by atoms with E-state index in [1.165, 1.54) is 0 Å². The number of methoxy groups -OCH3 is 1. The van der Waals surface area contributed by atoms with E-state index in [-0.39, 0.29) is 60.6 Å². The molecule has 7 heteroatoms. The summed E-state index contributed by atoms with van der Waals surface area (Å²) in [6, 6.07) is -0.302. The lowest BCUT2D eigenvalue weighted by Gasteiger charge is -2.42. The summed E-state index contributed by atoms with van der Waals surface area (Å²) in [5.74, 6) is -0.478. The Morgan fingerprint density at radius 3 is 2.75 bits per heavy atom. The minimum Gasteiger partial charge on any atom is -0.381 e. The van der Waals surface area contributed by atoms with Gasteiger partial charge in [-0.05, 0) is 38.5 Å². The normalized spacial score (nSPS) is 39.4. The highest BCUT2D eigenvalue weighted by molar-refractivity contribution is 5.99. The standard InChI is InChI=1S/C21H32F2N2O3/c1-11-16-8-13(21(27)25-18(16)6-7-19(11)28-3)9-20(26)24-12(2)15-5-4-14(22)10-17(15)23/h8,11-12,14-19H,4-7,9-10H2,1-3H3,(H,24,26)(H,25,27)/t11?,12-,14?,15?,16?,17?,18?,19?/m0/s1. The molecule has 0 radical (unpaired) electrons. The summed E-state index contributed by atoms with van der Waals surface area (Å²) in [5.41, 5.74) is 0.457. The molecule has 3 aliphatic rings. The number of fused-ring (bicyclic) bond motifs is 1. The van der Waals surface area contributed by atoms with Crippen LogP contribution >= 0.6 is 0 Å². The lowest BCUT2D eigenvalue weighted by molar-refractivity contribution is -0.125. The van der Waals surface area contributed by atoms with Crippen LogP contribution in [0.4, 0.5) is 8.78 Å². The van der Waals surface area contributed by atoms with Crippen molar-refractivity contribution >= 4 is 11.8 Å². The van der Waals surface area contributed by atoms with Gasteiger partial charge in [-0.2, -0.15) is 0 Å². The van der Waals surface area contributed by atoms with Gasteiger partial charge in [0.05, 0.1) is 12.5 Å². The summed E-state index contributed by atoms with van der Waals surface area (Å²) in [6.07, 6.45) is 2.14. The summed E-state index contributed by atoms with van der Waals surface area (Å²) >= 11 is 0. The third kappa shape index (κ3) is 4.56. The second kappa shape index (κ2) is 8.89. The zero-order valence-electron chi connectivity index (χ0n) is 16.9. The Morgan fingerprint density at radius 1 is 1.32 bits per heavy atom. The second-order valence-corrected chi connectivity index (χ2v) is 8.68. The summed E-state index contributed by atoms with van der Waals surface area (Å²) in [6.45, 7) is 3.87. The average molecular weight is 398 g/mol. The zero-order chi connectivity index (χ0) is 20.4. The van der Waals surface area contributed by atoms with Crippen LogP contribution in [0, 0.1) is 17.8 Å². The molecule has 28 heavy (non-hydrogen) atoms. The first-order valence-corrected chi connectivity index (χ1v) is 10.4. The molecule has 5 nitrogen and oxygen atoms in total. The van der Waals surface area contributed by atoms with E-state index in [1.807, 2.05) is 6.08 Å². The van der Waals surface area contributed by atoms with Crippen LogP contribution in [0.2, 0.25) is 0 Å². The van der Waals surface area contributed by atoms with Crippen molar-refractivity contribution in [2.45, 2.75) is 82.9 Å². The Labute approximate surface area is 165 Å². The molecule has 2 saturated carbocycles. The maximum atomic E-state index is 14.1. The first kappa shape index (κ1) is 21.2. The molecule has 0 saturated heterocycles. The minimum atomic E-state index is -1.24. The molecule has 0 aromatic rings. The van der Waals surface area contributed by atoms with Gasteiger partial charge in [0.15, 0.2) is 0 Å². The topological polar surface area (TPSA) is 67.4 Å². The van der Waals surface area contributed by atoms with Crippen LogP contribution in [-0.2, 0) is 14.3 Å². The molecule has 0 spiro atoms. The molecular formula is C21H32F2N2O3. The van der Waals surface area contributed by atoms with E-state index in [1.54, 1.807) is 14.0 Å².